The largest absolute Gasteiger partial charge is 0.511 e. The maximum Gasteiger partial charge on any atom is 0.407 e. The van der Waals surface area contributed by atoms with Gasteiger partial charge in [0.05, 0.1) is 86.6 Å². The number of Topliss-reactive ketones (excluding diaryl/α,β-unsaturated/α-hetero) is 1. The molecule has 6 saturated heterocycles. The van der Waals surface area contributed by atoms with Crippen LogP contribution in [0.5, 0.6) is 0 Å². The number of ketones is 1. The minimum Gasteiger partial charge on any atom is -0.511 e. The van der Waals surface area contributed by atoms with Gasteiger partial charge >= 0.3 is 18.0 Å². The van der Waals surface area contributed by atoms with Crippen LogP contribution in [0.1, 0.15) is 161 Å². The molecule has 25 heteroatoms. The van der Waals surface area contributed by atoms with Crippen LogP contribution >= 0.6 is 0 Å². The molecule has 25 nitrogen and oxygen atoms in total. The zero-order valence-electron chi connectivity index (χ0n) is 56.9. The number of hydrogen-bond acceptors (Lipinski definition) is 23. The molecule has 1 spiro atoms. The van der Waals surface area contributed by atoms with E-state index in [1.807, 2.05) is 53.7 Å². The van der Waals surface area contributed by atoms with Gasteiger partial charge < -0.3 is 82.2 Å². The Balaban J connectivity index is 0.913. The van der Waals surface area contributed by atoms with E-state index in [2.05, 4.69) is 32.2 Å². The number of carbonyl (C=O) groups excluding carboxylic acids is 5. The Kier molecular flexibility index (Phi) is 21.4. The van der Waals surface area contributed by atoms with E-state index in [0.717, 1.165) is 12.7 Å². The first-order valence-electron chi connectivity index (χ1n) is 33.8. The lowest BCUT2D eigenvalue weighted by Crippen LogP contribution is -2.65. The molecule has 6 aliphatic heterocycles. The summed E-state index contributed by atoms with van der Waals surface area (Å²) in [5.41, 5.74) is -4.87. The van der Waals surface area contributed by atoms with Crippen molar-refractivity contribution in [3.05, 3.63) is 68.5 Å². The van der Waals surface area contributed by atoms with Crippen LogP contribution in [0.25, 0.3) is 0 Å². The number of methoxy groups -OCH3 is 1. The number of aliphatic hydroxyl groups is 3. The molecule has 0 aromatic heterocycles. The molecule has 4 aliphatic carbocycles. The first-order valence-corrected chi connectivity index (χ1v) is 33.8. The lowest BCUT2D eigenvalue weighted by Gasteiger charge is -2.57. The Hall–Kier alpha value is -5.03. The Morgan fingerprint density at radius 3 is 2.06 bits per heavy atom. The first-order chi connectivity index (χ1) is 44.2. The van der Waals surface area contributed by atoms with Gasteiger partial charge in [-0.3, -0.25) is 24.5 Å². The van der Waals surface area contributed by atoms with E-state index in [9.17, 15) is 44.6 Å². The zero-order valence-corrected chi connectivity index (χ0v) is 56.9. The summed E-state index contributed by atoms with van der Waals surface area (Å²) in [6.07, 6.45) is -0.318. The number of aldehydes is 1. The van der Waals surface area contributed by atoms with E-state index < -0.39 is 179 Å². The van der Waals surface area contributed by atoms with Gasteiger partial charge in [-0.05, 0) is 122 Å². The van der Waals surface area contributed by atoms with Gasteiger partial charge in [-0.15, -0.1) is 0 Å². The van der Waals surface area contributed by atoms with E-state index in [0.29, 0.717) is 50.4 Å². The molecule has 6 heterocycles. The Morgan fingerprint density at radius 2 is 1.41 bits per heavy atom. The van der Waals surface area contributed by atoms with E-state index in [1.54, 1.807) is 26.8 Å². The molecule has 94 heavy (non-hydrogen) atoms. The van der Waals surface area contributed by atoms with E-state index >= 15 is 4.79 Å². The minimum atomic E-state index is -2.20. The number of nitro groups is 1. The topological polar surface area (TPSA) is 321 Å². The smallest absolute Gasteiger partial charge is 0.407 e. The highest BCUT2D eigenvalue weighted by molar-refractivity contribution is 6.26. The summed E-state index contributed by atoms with van der Waals surface area (Å²) in [4.78, 5) is 80.7. The highest BCUT2D eigenvalue weighted by atomic mass is 16.8. The van der Waals surface area contributed by atoms with Gasteiger partial charge in [0, 0.05) is 68.1 Å². The fourth-order valence-electron chi connectivity index (χ4n) is 17.5. The third kappa shape index (κ3) is 13.9. The lowest BCUT2D eigenvalue weighted by atomic mass is 9.49. The van der Waals surface area contributed by atoms with Crippen LogP contribution in [0.3, 0.4) is 0 Å². The van der Waals surface area contributed by atoms with Crippen molar-refractivity contribution in [3.8, 4) is 0 Å². The van der Waals surface area contributed by atoms with Crippen molar-refractivity contribution in [3.63, 3.8) is 0 Å². The summed E-state index contributed by atoms with van der Waals surface area (Å²) >= 11 is 0. The average Bonchev–Trinajstić information content (AvgIpc) is 1.37. The Morgan fingerprint density at radius 1 is 0.755 bits per heavy atom. The number of ether oxygens (including phenoxy) is 13. The molecule has 1 amide bonds. The molecule has 10 rings (SSSR count). The van der Waals surface area contributed by atoms with Gasteiger partial charge in [0.1, 0.15) is 29.8 Å². The third-order valence-electron chi connectivity index (χ3n) is 22.4. The second-order valence-electron chi connectivity index (χ2n) is 29.3. The molecule has 0 aromatic carbocycles. The predicted octanol–water partition coefficient (Wildman–Crippen LogP) is 8.03. The van der Waals surface area contributed by atoms with Gasteiger partial charge in [-0.25, -0.2) is 9.59 Å². The van der Waals surface area contributed by atoms with Crippen molar-refractivity contribution in [1.82, 2.24) is 5.32 Å². The SMILES string of the molecule is COC(=O)N[C@H]1[C@@H](C)O[C@@H](O[C@H]2C/C=C(\C)[C@@H]3C=CC4[C@@H](O[C@H]5C[C@@H](O[C@@]6(C)CCC(O[C@H]7C[C@@H](C)C(O[C@H]8CC[C@@H](O)[C@H](C)O8)[C@H](C)O7)[C@H](C)O6)[C@@H](OC(C)=O)[C@H](C)O5)[C@@H](C)C[C@H](C)[C@H]4[C@]3(C)C(O)=C3C(=O)OC4(CC(C=O)=C[C@H](O)[C@H]4/C=C/2C)C3=O)C[C@]1(C)[N+](=O)[O-]. The molecule has 0 aromatic rings. The normalized spacial score (nSPS) is 47.8. The highest BCUT2D eigenvalue weighted by Crippen LogP contribution is 2.61. The van der Waals surface area contributed by atoms with Gasteiger partial charge in [-0.2, -0.15) is 0 Å². The van der Waals surface area contributed by atoms with Gasteiger partial charge in [0.15, 0.2) is 42.7 Å². The summed E-state index contributed by atoms with van der Waals surface area (Å²) in [6.45, 7) is 25.4. The summed E-state index contributed by atoms with van der Waals surface area (Å²) in [5.74, 6) is -7.45. The van der Waals surface area contributed by atoms with E-state index in [4.69, 9.17) is 61.6 Å². The van der Waals surface area contributed by atoms with Crippen LogP contribution in [-0.2, 0) is 80.8 Å². The summed E-state index contributed by atoms with van der Waals surface area (Å²) in [5, 5.41) is 50.9. The zero-order chi connectivity index (χ0) is 68.4. The van der Waals surface area contributed by atoms with Crippen molar-refractivity contribution >= 4 is 30.1 Å². The first kappa shape index (κ1) is 71.7. The van der Waals surface area contributed by atoms with Crippen molar-refractivity contribution in [2.24, 2.45) is 46.8 Å². The molecule has 2 bridgehead atoms. The quantitative estimate of drug-likeness (QED) is 0.0243. The lowest BCUT2D eigenvalue weighted by molar-refractivity contribution is -0.584. The van der Waals surface area contributed by atoms with Crippen LogP contribution in [0.4, 0.5) is 4.79 Å². The van der Waals surface area contributed by atoms with Crippen LogP contribution in [-0.4, -0.2) is 185 Å². The molecular weight excluding hydrogens is 1220 g/mol. The number of carbonyl (C=O) groups is 5. The number of alkyl carbamates (subject to hydrolysis) is 1. The van der Waals surface area contributed by atoms with Crippen molar-refractivity contribution < 1.29 is 106 Å². The van der Waals surface area contributed by atoms with E-state index in [-0.39, 0.29) is 67.0 Å². The summed E-state index contributed by atoms with van der Waals surface area (Å²) < 4.78 is 83.0. The van der Waals surface area contributed by atoms with Crippen molar-refractivity contribution in [1.29, 1.82) is 0 Å². The number of nitrogens with zero attached hydrogens (tertiary/aromatic N) is 1. The van der Waals surface area contributed by atoms with Crippen LogP contribution < -0.4 is 5.32 Å². The number of aliphatic hydroxyl groups excluding tert-OH is 3. The van der Waals surface area contributed by atoms with Crippen LogP contribution in [0.2, 0.25) is 0 Å². The molecule has 4 unspecified atom stereocenters. The number of nitrogens with one attached hydrogen (secondary N) is 1. The molecule has 29 atom stereocenters. The Labute approximate surface area is 550 Å². The second kappa shape index (κ2) is 28.1. The van der Waals surface area contributed by atoms with Crippen molar-refractivity contribution in [2.45, 2.75) is 289 Å². The monoisotopic (exact) mass is 1320 g/mol. The maximum absolute atomic E-state index is 15.6. The number of allylic oxidation sites excluding steroid dienone is 3. The van der Waals surface area contributed by atoms with Gasteiger partial charge in [0.25, 0.3) is 0 Å². The maximum atomic E-state index is 15.6. The standard InChI is InChI=1S/C69H100N2O23/c1-32-16-20-49(88-55-30-66(12,71(80)81)61(41(10)86-55)70-65(79)82-15)33(2)25-46-48(75)27-43(31-72)29-69(46)63(77)56(64(78)94-69)62(76)68(14)45(32)18-17-44-57(68)34(3)24-35(4)59(44)91-54-28-51(60(40(9)85-54)87-42(11)73)93-67(13)23-22-50(38(7)92-67)89-53-26-36(5)58(39(8)84-53)90-52-21-19-47(74)37(6)83-52/h16-18,25,27,31,34-41,44-55,57-61,74-76H,19-24,26,28-30H2,1-15H3,(H,70,79)/b32-16+,33-25+,62-56?/t34-,35-,36+,37-,38-,39-,40-,41+,44?,45-,46+,47+,48-,49-,50?,51+,52-,53-,54-,55-,57+,58?,59-,60-,61-,66-,67-,68+,69?/m0/s1. The van der Waals surface area contributed by atoms with Gasteiger partial charge in [-0.1, -0.05) is 57.6 Å². The number of esters is 2. The summed E-state index contributed by atoms with van der Waals surface area (Å²) in [6, 6.07) is -1.12. The van der Waals surface area contributed by atoms with Crippen LogP contribution in [0, 0.1) is 57.0 Å². The molecular formula is C69H100N2O23. The molecule has 10 aliphatic rings. The fraction of sp³-hybridized carbons (Fsp3) is 0.783. The average molecular weight is 1330 g/mol. The molecule has 7 fully saturated rings. The molecule has 1 saturated carbocycles. The number of rotatable bonds is 14. The van der Waals surface area contributed by atoms with Crippen molar-refractivity contribution in [2.75, 3.05) is 7.11 Å². The molecule has 524 valence electrons. The number of amides is 1. The third-order valence-corrected chi connectivity index (χ3v) is 22.4. The Bertz CT molecular complexity index is 3010. The fourth-order valence-corrected chi connectivity index (χ4v) is 17.5. The molecule has 4 N–H and O–H groups in total. The van der Waals surface area contributed by atoms with Gasteiger partial charge in [0.2, 0.25) is 11.3 Å². The molecule has 0 radical (unpaired) electrons. The van der Waals surface area contributed by atoms with E-state index in [1.165, 1.54) is 19.9 Å². The number of hydrogen-bond donors (Lipinski definition) is 4. The highest BCUT2D eigenvalue weighted by Gasteiger charge is 2.65. The summed E-state index contributed by atoms with van der Waals surface area (Å²) in [7, 11) is 1.15. The number of fused-ring (bicyclic) bond motifs is 4. The predicted molar refractivity (Wildman–Crippen MR) is 333 cm³/mol. The minimum absolute atomic E-state index is 0.00416. The van der Waals surface area contributed by atoms with Crippen LogP contribution in [0.15, 0.2) is 58.4 Å². The second-order valence-corrected chi connectivity index (χ2v) is 29.3.